The van der Waals surface area contributed by atoms with Crippen LogP contribution in [0.2, 0.25) is 0 Å². The maximum Gasteiger partial charge on any atom is 0.191 e. The molecule has 9 heteroatoms. The number of hydrogen-bond donors (Lipinski definition) is 2. The average Bonchev–Trinajstić information content (AvgIpc) is 2.93. The topological polar surface area (TPSA) is 76.4 Å². The highest BCUT2D eigenvalue weighted by Crippen LogP contribution is 2.17. The largest absolute Gasteiger partial charge is 0.494 e. The van der Waals surface area contributed by atoms with Gasteiger partial charge in [-0.3, -0.25) is 9.67 Å². The molecule has 0 saturated heterocycles. The Balaban J connectivity index is 0.00000264. The Morgan fingerprint density at radius 1 is 1.35 bits per heavy atom. The summed E-state index contributed by atoms with van der Waals surface area (Å²) in [5, 5.41) is 10.2. The van der Waals surface area contributed by atoms with E-state index in [2.05, 4.69) is 25.7 Å². The minimum atomic E-state index is -0.385. The Morgan fingerprint density at radius 2 is 2.09 bits per heavy atom. The molecule has 0 aliphatic rings. The van der Waals surface area contributed by atoms with Gasteiger partial charge >= 0.3 is 0 Å². The number of nitrogens with zero attached hydrogens (tertiary/aromatic N) is 4. The van der Waals surface area contributed by atoms with Gasteiger partial charge < -0.3 is 15.4 Å². The van der Waals surface area contributed by atoms with Crippen LogP contribution in [0.5, 0.6) is 5.75 Å². The smallest absolute Gasteiger partial charge is 0.191 e. The Bertz CT molecular complexity index is 660. The zero-order chi connectivity index (χ0) is 15.9. The lowest BCUT2D eigenvalue weighted by atomic mass is 10.2. The fourth-order valence-electron chi connectivity index (χ4n) is 1.87. The quantitative estimate of drug-likeness (QED) is 0.424. The molecular formula is C14H20FIN6O. The van der Waals surface area contributed by atoms with Gasteiger partial charge in [0, 0.05) is 20.6 Å². The van der Waals surface area contributed by atoms with Gasteiger partial charge in [-0.05, 0) is 17.7 Å². The van der Waals surface area contributed by atoms with E-state index in [1.54, 1.807) is 23.9 Å². The molecule has 0 amide bonds. The highest BCUT2D eigenvalue weighted by Gasteiger charge is 2.05. The van der Waals surface area contributed by atoms with Crippen LogP contribution >= 0.6 is 24.0 Å². The van der Waals surface area contributed by atoms with Crippen molar-refractivity contribution in [3.8, 4) is 5.75 Å². The van der Waals surface area contributed by atoms with E-state index >= 15 is 0 Å². The van der Waals surface area contributed by atoms with E-state index in [9.17, 15) is 4.39 Å². The number of halogens is 2. The lowest BCUT2D eigenvalue weighted by Gasteiger charge is -2.12. The third kappa shape index (κ3) is 5.34. The lowest BCUT2D eigenvalue weighted by Crippen LogP contribution is -2.36. The fraction of sp³-hybridized carbons (Fsp3) is 0.357. The van der Waals surface area contributed by atoms with Crippen molar-refractivity contribution in [2.45, 2.75) is 13.1 Å². The second-order valence-corrected chi connectivity index (χ2v) is 4.55. The Labute approximate surface area is 151 Å². The second-order valence-electron chi connectivity index (χ2n) is 4.55. The number of nitrogens with one attached hydrogen (secondary N) is 2. The first-order valence-corrected chi connectivity index (χ1v) is 6.74. The summed E-state index contributed by atoms with van der Waals surface area (Å²) in [4.78, 5) is 8.22. The predicted molar refractivity (Wildman–Crippen MR) is 96.4 cm³/mol. The molecule has 2 rings (SSSR count). The third-order valence-corrected chi connectivity index (χ3v) is 3.12. The average molecular weight is 434 g/mol. The molecule has 0 fully saturated rings. The van der Waals surface area contributed by atoms with E-state index in [0.717, 1.165) is 11.4 Å². The Kier molecular flexibility index (Phi) is 7.72. The number of rotatable bonds is 5. The van der Waals surface area contributed by atoms with E-state index < -0.39 is 0 Å². The molecule has 126 valence electrons. The van der Waals surface area contributed by atoms with Crippen LogP contribution in [0.1, 0.15) is 11.4 Å². The van der Waals surface area contributed by atoms with Crippen LogP contribution in [0.3, 0.4) is 0 Å². The molecule has 2 N–H and O–H groups in total. The van der Waals surface area contributed by atoms with Crippen molar-refractivity contribution < 1.29 is 9.13 Å². The van der Waals surface area contributed by atoms with Gasteiger partial charge in [-0.15, -0.1) is 24.0 Å². The molecule has 23 heavy (non-hydrogen) atoms. The number of aromatic nitrogens is 3. The summed E-state index contributed by atoms with van der Waals surface area (Å²) in [7, 11) is 4.93. The van der Waals surface area contributed by atoms with Gasteiger partial charge in [0.25, 0.3) is 0 Å². The van der Waals surface area contributed by atoms with Crippen LogP contribution in [0.4, 0.5) is 4.39 Å². The maximum atomic E-state index is 13.6. The highest BCUT2D eigenvalue weighted by atomic mass is 127. The minimum absolute atomic E-state index is 0. The molecule has 0 spiro atoms. The third-order valence-electron chi connectivity index (χ3n) is 3.12. The molecule has 2 aromatic rings. The Hall–Kier alpha value is -1.91. The number of hydrogen-bond acceptors (Lipinski definition) is 4. The first kappa shape index (κ1) is 19.1. The second kappa shape index (κ2) is 9.28. The van der Waals surface area contributed by atoms with Crippen molar-refractivity contribution in [3.05, 3.63) is 41.7 Å². The summed E-state index contributed by atoms with van der Waals surface area (Å²) in [5.74, 6) is 1.23. The van der Waals surface area contributed by atoms with Gasteiger partial charge in [0.1, 0.15) is 12.2 Å². The van der Waals surface area contributed by atoms with Gasteiger partial charge in [0.15, 0.2) is 17.5 Å². The molecule has 0 bridgehead atoms. The van der Waals surface area contributed by atoms with Crippen LogP contribution in [-0.4, -0.2) is 34.9 Å². The molecule has 1 aromatic carbocycles. The molecule has 0 aliphatic carbocycles. The number of benzene rings is 1. The summed E-state index contributed by atoms with van der Waals surface area (Å²) in [6, 6.07) is 4.83. The van der Waals surface area contributed by atoms with Crippen LogP contribution in [0.25, 0.3) is 0 Å². The molecule has 0 saturated carbocycles. The Morgan fingerprint density at radius 3 is 2.65 bits per heavy atom. The van der Waals surface area contributed by atoms with Crippen molar-refractivity contribution in [1.29, 1.82) is 0 Å². The lowest BCUT2D eigenvalue weighted by molar-refractivity contribution is 0.386. The van der Waals surface area contributed by atoms with Crippen molar-refractivity contribution in [3.63, 3.8) is 0 Å². The number of methoxy groups -OCH3 is 1. The molecule has 7 nitrogen and oxygen atoms in total. The zero-order valence-electron chi connectivity index (χ0n) is 13.2. The number of aliphatic imine (C=N–C) groups is 1. The zero-order valence-corrected chi connectivity index (χ0v) is 15.5. The molecule has 1 heterocycles. The number of aryl methyl sites for hydroxylation is 1. The monoisotopic (exact) mass is 434 g/mol. The van der Waals surface area contributed by atoms with Gasteiger partial charge in [-0.25, -0.2) is 9.37 Å². The van der Waals surface area contributed by atoms with Crippen LogP contribution in [-0.2, 0) is 20.1 Å². The van der Waals surface area contributed by atoms with Gasteiger partial charge in [0.05, 0.1) is 13.7 Å². The van der Waals surface area contributed by atoms with E-state index in [0.29, 0.717) is 19.0 Å². The summed E-state index contributed by atoms with van der Waals surface area (Å²) < 4.78 is 20.2. The van der Waals surface area contributed by atoms with E-state index in [-0.39, 0.29) is 35.5 Å². The van der Waals surface area contributed by atoms with E-state index in [1.165, 1.54) is 19.5 Å². The van der Waals surface area contributed by atoms with Crippen LogP contribution in [0, 0.1) is 5.82 Å². The molecular weight excluding hydrogens is 414 g/mol. The van der Waals surface area contributed by atoms with Crippen molar-refractivity contribution >= 4 is 29.9 Å². The molecule has 0 radical (unpaired) electrons. The summed E-state index contributed by atoms with van der Waals surface area (Å²) >= 11 is 0. The van der Waals surface area contributed by atoms with Crippen molar-refractivity contribution in [2.24, 2.45) is 12.0 Å². The summed E-state index contributed by atoms with van der Waals surface area (Å²) in [6.45, 7) is 0.937. The van der Waals surface area contributed by atoms with Crippen molar-refractivity contribution in [2.75, 3.05) is 14.2 Å². The minimum Gasteiger partial charge on any atom is -0.494 e. The summed E-state index contributed by atoms with van der Waals surface area (Å²) in [6.07, 6.45) is 1.49. The molecule has 0 atom stereocenters. The van der Waals surface area contributed by atoms with E-state index in [1.807, 2.05) is 7.05 Å². The van der Waals surface area contributed by atoms with Gasteiger partial charge in [-0.1, -0.05) is 6.07 Å². The van der Waals surface area contributed by atoms with Gasteiger partial charge in [-0.2, -0.15) is 5.10 Å². The molecule has 1 aromatic heterocycles. The number of ether oxygens (including phenoxy) is 1. The van der Waals surface area contributed by atoms with Crippen molar-refractivity contribution in [1.82, 2.24) is 25.4 Å². The van der Waals surface area contributed by atoms with Crippen LogP contribution < -0.4 is 15.4 Å². The van der Waals surface area contributed by atoms with Crippen LogP contribution in [0.15, 0.2) is 29.5 Å². The van der Waals surface area contributed by atoms with E-state index in [4.69, 9.17) is 4.74 Å². The first-order valence-electron chi connectivity index (χ1n) is 6.74. The number of guanidine groups is 1. The SMILES string of the molecule is CN=C(NCc1ccc(OC)c(F)c1)NCc1ncnn1C.I. The standard InChI is InChI=1S/C14H19FN6O.HI/c1-16-14(18-8-13-19-9-20-21(13)2)17-7-10-4-5-12(22-3)11(15)6-10;/h4-6,9H,7-8H2,1-3H3,(H2,16,17,18);1H. The normalized spacial score (nSPS) is 10.9. The van der Waals surface area contributed by atoms with Gasteiger partial charge in [0.2, 0.25) is 0 Å². The predicted octanol–water partition coefficient (Wildman–Crippen LogP) is 1.45. The molecule has 0 aliphatic heterocycles. The molecule has 0 unspecified atom stereocenters. The highest BCUT2D eigenvalue weighted by molar-refractivity contribution is 14.0. The maximum absolute atomic E-state index is 13.6. The fourth-order valence-corrected chi connectivity index (χ4v) is 1.87. The first-order chi connectivity index (χ1) is 10.6. The summed E-state index contributed by atoms with van der Waals surface area (Å²) in [5.41, 5.74) is 0.792.